The second-order valence-corrected chi connectivity index (χ2v) is 5.69. The molecule has 1 amide bonds. The average molecular weight is 286 g/mol. The van der Waals surface area contributed by atoms with Crippen LogP contribution in [0.4, 0.5) is 0 Å². The molecule has 0 aromatic carbocycles. The zero-order chi connectivity index (χ0) is 15.5. The van der Waals surface area contributed by atoms with Gasteiger partial charge in [0.25, 0.3) is 0 Å². The summed E-state index contributed by atoms with van der Waals surface area (Å²) in [6.07, 6.45) is 2.20. The summed E-state index contributed by atoms with van der Waals surface area (Å²) in [6, 6.07) is 0. The molecule has 1 atom stereocenters. The number of carbonyl (C=O) groups is 2. The summed E-state index contributed by atoms with van der Waals surface area (Å²) >= 11 is 0. The van der Waals surface area contributed by atoms with Gasteiger partial charge in [0, 0.05) is 13.0 Å². The van der Waals surface area contributed by atoms with Crippen molar-refractivity contribution in [2.75, 3.05) is 26.2 Å². The number of hydrogen-bond acceptors (Lipinski definition) is 4. The molecule has 0 radical (unpaired) electrons. The SMILES string of the molecule is CCOC(=O)CN(CC(C)C)C(=O)CCC(C)CCN. The summed E-state index contributed by atoms with van der Waals surface area (Å²) in [5, 5.41) is 0. The van der Waals surface area contributed by atoms with Crippen LogP contribution in [0.1, 0.15) is 47.0 Å². The number of ether oxygens (including phenoxy) is 1. The normalized spacial score (nSPS) is 12.3. The summed E-state index contributed by atoms with van der Waals surface area (Å²) in [4.78, 5) is 25.4. The van der Waals surface area contributed by atoms with Gasteiger partial charge in [-0.1, -0.05) is 20.8 Å². The highest BCUT2D eigenvalue weighted by Gasteiger charge is 2.19. The van der Waals surface area contributed by atoms with Crippen molar-refractivity contribution in [2.45, 2.75) is 47.0 Å². The summed E-state index contributed by atoms with van der Waals surface area (Å²) in [7, 11) is 0. The maximum Gasteiger partial charge on any atom is 0.325 e. The fourth-order valence-corrected chi connectivity index (χ4v) is 2.01. The van der Waals surface area contributed by atoms with E-state index in [2.05, 4.69) is 6.92 Å². The molecule has 0 aliphatic carbocycles. The molecule has 0 heterocycles. The molecule has 118 valence electrons. The van der Waals surface area contributed by atoms with Gasteiger partial charge in [0.2, 0.25) is 5.91 Å². The minimum Gasteiger partial charge on any atom is -0.465 e. The first-order valence-corrected chi connectivity index (χ1v) is 7.54. The molecule has 0 aromatic rings. The van der Waals surface area contributed by atoms with Gasteiger partial charge in [-0.05, 0) is 38.1 Å². The van der Waals surface area contributed by atoms with E-state index in [9.17, 15) is 9.59 Å². The van der Waals surface area contributed by atoms with Crippen molar-refractivity contribution >= 4 is 11.9 Å². The number of carbonyl (C=O) groups excluding carboxylic acids is 2. The fourth-order valence-electron chi connectivity index (χ4n) is 2.01. The van der Waals surface area contributed by atoms with E-state index in [-0.39, 0.29) is 18.4 Å². The van der Waals surface area contributed by atoms with Crippen LogP contribution in [-0.4, -0.2) is 43.0 Å². The summed E-state index contributed by atoms with van der Waals surface area (Å²) in [6.45, 7) is 9.55. The Kier molecular flexibility index (Phi) is 10.1. The maximum atomic E-state index is 12.2. The third kappa shape index (κ3) is 8.91. The number of amides is 1. The Morgan fingerprint density at radius 1 is 1.20 bits per heavy atom. The lowest BCUT2D eigenvalue weighted by Crippen LogP contribution is -2.39. The van der Waals surface area contributed by atoms with Gasteiger partial charge in [0.1, 0.15) is 6.54 Å². The number of nitrogens with zero attached hydrogens (tertiary/aromatic N) is 1. The lowest BCUT2D eigenvalue weighted by molar-refractivity contribution is -0.149. The number of esters is 1. The third-order valence-electron chi connectivity index (χ3n) is 3.07. The Labute approximate surface area is 122 Å². The van der Waals surface area contributed by atoms with E-state index in [1.54, 1.807) is 11.8 Å². The first-order chi connectivity index (χ1) is 9.40. The molecule has 0 saturated carbocycles. The quantitative estimate of drug-likeness (QED) is 0.622. The van der Waals surface area contributed by atoms with Crippen molar-refractivity contribution < 1.29 is 14.3 Å². The molecule has 0 aromatic heterocycles. The number of rotatable bonds is 10. The van der Waals surface area contributed by atoms with Crippen LogP contribution in [0.15, 0.2) is 0 Å². The van der Waals surface area contributed by atoms with Gasteiger partial charge in [-0.15, -0.1) is 0 Å². The van der Waals surface area contributed by atoms with Crippen LogP contribution in [0.2, 0.25) is 0 Å². The molecular formula is C15H30N2O3. The largest absolute Gasteiger partial charge is 0.465 e. The minimum atomic E-state index is -0.337. The lowest BCUT2D eigenvalue weighted by atomic mass is 10.0. The topological polar surface area (TPSA) is 72.6 Å². The van der Waals surface area contributed by atoms with Crippen LogP contribution in [0.3, 0.4) is 0 Å². The predicted octanol–water partition coefficient (Wildman–Crippen LogP) is 1.80. The first-order valence-electron chi connectivity index (χ1n) is 7.54. The fraction of sp³-hybridized carbons (Fsp3) is 0.867. The van der Waals surface area contributed by atoms with Gasteiger partial charge in [0.05, 0.1) is 6.61 Å². The van der Waals surface area contributed by atoms with Crippen molar-refractivity contribution in [3.63, 3.8) is 0 Å². The summed E-state index contributed by atoms with van der Waals surface area (Å²) < 4.78 is 4.92. The number of hydrogen-bond donors (Lipinski definition) is 1. The molecule has 0 saturated heterocycles. The molecule has 2 N–H and O–H groups in total. The van der Waals surface area contributed by atoms with E-state index in [0.29, 0.717) is 38.0 Å². The van der Waals surface area contributed by atoms with Gasteiger partial charge in [0.15, 0.2) is 0 Å². The zero-order valence-electron chi connectivity index (χ0n) is 13.4. The van der Waals surface area contributed by atoms with Crippen LogP contribution in [0.5, 0.6) is 0 Å². The molecule has 5 nitrogen and oxygen atoms in total. The monoisotopic (exact) mass is 286 g/mol. The van der Waals surface area contributed by atoms with Crippen LogP contribution in [-0.2, 0) is 14.3 Å². The highest BCUT2D eigenvalue weighted by molar-refractivity contribution is 5.82. The Bertz CT molecular complexity index is 293. The molecule has 20 heavy (non-hydrogen) atoms. The summed E-state index contributed by atoms with van der Waals surface area (Å²) in [5.41, 5.74) is 5.50. The Morgan fingerprint density at radius 2 is 1.85 bits per heavy atom. The van der Waals surface area contributed by atoms with Gasteiger partial charge < -0.3 is 15.4 Å². The predicted molar refractivity (Wildman–Crippen MR) is 80.1 cm³/mol. The second kappa shape index (κ2) is 10.7. The number of nitrogens with two attached hydrogens (primary N) is 1. The average Bonchev–Trinajstić information content (AvgIpc) is 2.35. The van der Waals surface area contributed by atoms with Gasteiger partial charge in [-0.25, -0.2) is 0 Å². The Hall–Kier alpha value is -1.10. The van der Waals surface area contributed by atoms with Crippen molar-refractivity contribution in [1.82, 2.24) is 4.90 Å². The lowest BCUT2D eigenvalue weighted by Gasteiger charge is -2.24. The summed E-state index contributed by atoms with van der Waals surface area (Å²) in [5.74, 6) is 0.453. The highest BCUT2D eigenvalue weighted by Crippen LogP contribution is 2.12. The van der Waals surface area contributed by atoms with E-state index in [0.717, 1.165) is 12.8 Å². The molecule has 0 bridgehead atoms. The van der Waals surface area contributed by atoms with Crippen LogP contribution in [0, 0.1) is 11.8 Å². The molecule has 0 aliphatic heterocycles. The molecule has 0 spiro atoms. The molecule has 1 unspecified atom stereocenters. The van der Waals surface area contributed by atoms with E-state index in [1.165, 1.54) is 0 Å². The molecule has 0 rings (SSSR count). The van der Waals surface area contributed by atoms with Crippen molar-refractivity contribution in [2.24, 2.45) is 17.6 Å². The van der Waals surface area contributed by atoms with E-state index in [4.69, 9.17) is 10.5 Å². The van der Waals surface area contributed by atoms with Crippen LogP contribution in [0.25, 0.3) is 0 Å². The Morgan fingerprint density at radius 3 is 2.35 bits per heavy atom. The zero-order valence-corrected chi connectivity index (χ0v) is 13.4. The van der Waals surface area contributed by atoms with Gasteiger partial charge in [-0.2, -0.15) is 0 Å². The van der Waals surface area contributed by atoms with E-state index >= 15 is 0 Å². The first kappa shape index (κ1) is 18.9. The molecule has 5 heteroatoms. The Balaban J connectivity index is 4.37. The standard InChI is InChI=1S/C15H30N2O3/c1-5-20-15(19)11-17(10-12(2)3)14(18)7-6-13(4)8-9-16/h12-13H,5-11,16H2,1-4H3. The highest BCUT2D eigenvalue weighted by atomic mass is 16.5. The van der Waals surface area contributed by atoms with Crippen molar-refractivity contribution in [3.05, 3.63) is 0 Å². The minimum absolute atomic E-state index is 0.0237. The van der Waals surface area contributed by atoms with Gasteiger partial charge >= 0.3 is 5.97 Å². The van der Waals surface area contributed by atoms with Crippen molar-refractivity contribution in [3.8, 4) is 0 Å². The van der Waals surface area contributed by atoms with E-state index < -0.39 is 0 Å². The van der Waals surface area contributed by atoms with Crippen LogP contribution < -0.4 is 5.73 Å². The molecule has 0 fully saturated rings. The third-order valence-corrected chi connectivity index (χ3v) is 3.07. The van der Waals surface area contributed by atoms with E-state index in [1.807, 2.05) is 13.8 Å². The van der Waals surface area contributed by atoms with Crippen LogP contribution >= 0.6 is 0 Å². The molecular weight excluding hydrogens is 256 g/mol. The molecule has 0 aliphatic rings. The van der Waals surface area contributed by atoms with Gasteiger partial charge in [-0.3, -0.25) is 9.59 Å². The second-order valence-electron chi connectivity index (χ2n) is 5.69. The smallest absolute Gasteiger partial charge is 0.325 e. The maximum absolute atomic E-state index is 12.2. The van der Waals surface area contributed by atoms with Crippen molar-refractivity contribution in [1.29, 1.82) is 0 Å².